The van der Waals surface area contributed by atoms with Crippen LogP contribution < -0.4 is 5.73 Å². The third kappa shape index (κ3) is 6.21. The van der Waals surface area contributed by atoms with E-state index in [2.05, 4.69) is 4.90 Å². The second-order valence-corrected chi connectivity index (χ2v) is 5.58. The van der Waals surface area contributed by atoms with Crippen LogP contribution in [0.2, 0.25) is 0 Å². The SMILES string of the molecule is CCOCCN(CCOCC)CC1(CN)CCCC1. The summed E-state index contributed by atoms with van der Waals surface area (Å²) < 4.78 is 11.0. The number of rotatable bonds is 11. The van der Waals surface area contributed by atoms with Gasteiger partial charge in [0.15, 0.2) is 0 Å². The molecule has 0 bridgehead atoms. The third-order valence-electron chi connectivity index (χ3n) is 4.17. The molecule has 0 amide bonds. The zero-order chi connectivity index (χ0) is 14.0. The van der Waals surface area contributed by atoms with E-state index in [1.807, 2.05) is 13.8 Å². The molecule has 4 nitrogen and oxygen atoms in total. The van der Waals surface area contributed by atoms with Crippen LogP contribution in [0.5, 0.6) is 0 Å². The van der Waals surface area contributed by atoms with Gasteiger partial charge in [0.2, 0.25) is 0 Å². The van der Waals surface area contributed by atoms with Gasteiger partial charge in [-0.2, -0.15) is 0 Å². The Morgan fingerprint density at radius 3 is 1.95 bits per heavy atom. The highest BCUT2D eigenvalue weighted by molar-refractivity contribution is 4.88. The number of hydrogen-bond donors (Lipinski definition) is 1. The molecule has 1 fully saturated rings. The molecule has 4 heteroatoms. The quantitative estimate of drug-likeness (QED) is 0.583. The fourth-order valence-electron chi connectivity index (χ4n) is 2.97. The van der Waals surface area contributed by atoms with E-state index in [0.717, 1.165) is 52.6 Å². The lowest BCUT2D eigenvalue weighted by Crippen LogP contribution is -2.43. The van der Waals surface area contributed by atoms with Crippen molar-refractivity contribution in [2.75, 3.05) is 52.6 Å². The molecule has 0 aromatic rings. The summed E-state index contributed by atoms with van der Waals surface area (Å²) in [6, 6.07) is 0. The first-order chi connectivity index (χ1) is 9.26. The van der Waals surface area contributed by atoms with Crippen LogP contribution in [-0.4, -0.2) is 57.5 Å². The van der Waals surface area contributed by atoms with Crippen molar-refractivity contribution in [1.82, 2.24) is 4.90 Å². The fourth-order valence-corrected chi connectivity index (χ4v) is 2.97. The summed E-state index contributed by atoms with van der Waals surface area (Å²) in [5, 5.41) is 0. The molecule has 1 rings (SSSR count). The van der Waals surface area contributed by atoms with Crippen molar-refractivity contribution in [2.24, 2.45) is 11.1 Å². The van der Waals surface area contributed by atoms with E-state index in [-0.39, 0.29) is 0 Å². The Kier molecular flexibility index (Phi) is 8.62. The first-order valence-corrected chi connectivity index (χ1v) is 7.84. The standard InChI is InChI=1S/C15H32N2O2/c1-3-18-11-9-17(10-12-19-4-2)14-15(13-16)7-5-6-8-15/h3-14,16H2,1-2H3. The summed E-state index contributed by atoms with van der Waals surface area (Å²) in [6.45, 7) is 11.2. The zero-order valence-corrected chi connectivity index (χ0v) is 12.8. The van der Waals surface area contributed by atoms with Gasteiger partial charge in [-0.3, -0.25) is 4.90 Å². The largest absolute Gasteiger partial charge is 0.380 e. The van der Waals surface area contributed by atoms with E-state index in [9.17, 15) is 0 Å². The van der Waals surface area contributed by atoms with Gasteiger partial charge in [-0.25, -0.2) is 0 Å². The predicted octanol–water partition coefficient (Wildman–Crippen LogP) is 1.88. The molecular formula is C15H32N2O2. The van der Waals surface area contributed by atoms with E-state index < -0.39 is 0 Å². The summed E-state index contributed by atoms with van der Waals surface area (Å²) in [7, 11) is 0. The average molecular weight is 272 g/mol. The van der Waals surface area contributed by atoms with Gasteiger partial charge in [0.05, 0.1) is 13.2 Å². The molecule has 0 heterocycles. The Morgan fingerprint density at radius 1 is 1.00 bits per heavy atom. The van der Waals surface area contributed by atoms with Crippen molar-refractivity contribution in [3.8, 4) is 0 Å². The van der Waals surface area contributed by atoms with Crippen LogP contribution in [0.25, 0.3) is 0 Å². The molecule has 0 atom stereocenters. The molecular weight excluding hydrogens is 240 g/mol. The minimum absolute atomic E-state index is 0.346. The first-order valence-electron chi connectivity index (χ1n) is 7.84. The minimum atomic E-state index is 0.346. The number of ether oxygens (including phenoxy) is 2. The normalized spacial score (nSPS) is 18.3. The maximum absolute atomic E-state index is 6.04. The molecule has 19 heavy (non-hydrogen) atoms. The van der Waals surface area contributed by atoms with Crippen molar-refractivity contribution in [1.29, 1.82) is 0 Å². The van der Waals surface area contributed by atoms with Crippen LogP contribution >= 0.6 is 0 Å². The van der Waals surface area contributed by atoms with Crippen LogP contribution in [-0.2, 0) is 9.47 Å². The summed E-state index contributed by atoms with van der Waals surface area (Å²) in [5.74, 6) is 0. The Morgan fingerprint density at radius 2 is 1.53 bits per heavy atom. The molecule has 1 saturated carbocycles. The highest BCUT2D eigenvalue weighted by Gasteiger charge is 2.33. The minimum Gasteiger partial charge on any atom is -0.380 e. The van der Waals surface area contributed by atoms with E-state index >= 15 is 0 Å². The van der Waals surface area contributed by atoms with Gasteiger partial charge in [-0.1, -0.05) is 12.8 Å². The maximum Gasteiger partial charge on any atom is 0.0593 e. The third-order valence-corrected chi connectivity index (χ3v) is 4.17. The van der Waals surface area contributed by atoms with Crippen molar-refractivity contribution >= 4 is 0 Å². The number of hydrogen-bond acceptors (Lipinski definition) is 4. The summed E-state index contributed by atoms with van der Waals surface area (Å²) in [5.41, 5.74) is 6.38. The van der Waals surface area contributed by atoms with Crippen molar-refractivity contribution in [3.63, 3.8) is 0 Å². The second kappa shape index (κ2) is 9.70. The topological polar surface area (TPSA) is 47.7 Å². The second-order valence-electron chi connectivity index (χ2n) is 5.58. The molecule has 0 aromatic carbocycles. The predicted molar refractivity (Wildman–Crippen MR) is 79.4 cm³/mol. The van der Waals surface area contributed by atoms with Gasteiger partial charge in [-0.05, 0) is 38.6 Å². The van der Waals surface area contributed by atoms with E-state index in [4.69, 9.17) is 15.2 Å². The van der Waals surface area contributed by atoms with Crippen molar-refractivity contribution in [3.05, 3.63) is 0 Å². The summed E-state index contributed by atoms with van der Waals surface area (Å²) in [6.07, 6.45) is 5.23. The molecule has 0 unspecified atom stereocenters. The van der Waals surface area contributed by atoms with Crippen LogP contribution in [0, 0.1) is 5.41 Å². The number of nitrogens with zero attached hydrogens (tertiary/aromatic N) is 1. The van der Waals surface area contributed by atoms with Crippen molar-refractivity contribution in [2.45, 2.75) is 39.5 Å². The highest BCUT2D eigenvalue weighted by Crippen LogP contribution is 2.37. The zero-order valence-electron chi connectivity index (χ0n) is 12.8. The van der Waals surface area contributed by atoms with Gasteiger partial charge in [0.1, 0.15) is 0 Å². The monoisotopic (exact) mass is 272 g/mol. The fraction of sp³-hybridized carbons (Fsp3) is 1.00. The molecule has 0 spiro atoms. The molecule has 0 aliphatic heterocycles. The maximum atomic E-state index is 6.04. The molecule has 1 aliphatic carbocycles. The molecule has 0 saturated heterocycles. The van der Waals surface area contributed by atoms with Crippen LogP contribution in [0.15, 0.2) is 0 Å². The van der Waals surface area contributed by atoms with E-state index in [1.54, 1.807) is 0 Å². The van der Waals surface area contributed by atoms with Gasteiger partial charge in [-0.15, -0.1) is 0 Å². The Labute approximate surface area is 118 Å². The van der Waals surface area contributed by atoms with Gasteiger partial charge >= 0.3 is 0 Å². The highest BCUT2D eigenvalue weighted by atomic mass is 16.5. The van der Waals surface area contributed by atoms with Gasteiger partial charge < -0.3 is 15.2 Å². The van der Waals surface area contributed by atoms with E-state index in [0.29, 0.717) is 5.41 Å². The first kappa shape index (κ1) is 16.9. The summed E-state index contributed by atoms with van der Waals surface area (Å²) in [4.78, 5) is 2.48. The Balaban J connectivity index is 2.41. The van der Waals surface area contributed by atoms with E-state index in [1.165, 1.54) is 25.7 Å². The lowest BCUT2D eigenvalue weighted by atomic mass is 9.85. The Hall–Kier alpha value is -0.160. The summed E-state index contributed by atoms with van der Waals surface area (Å²) >= 11 is 0. The van der Waals surface area contributed by atoms with Gasteiger partial charge in [0.25, 0.3) is 0 Å². The average Bonchev–Trinajstić information content (AvgIpc) is 2.88. The molecule has 0 aromatic heterocycles. The molecule has 1 aliphatic rings. The molecule has 2 N–H and O–H groups in total. The molecule has 0 radical (unpaired) electrons. The van der Waals surface area contributed by atoms with Crippen LogP contribution in [0.4, 0.5) is 0 Å². The van der Waals surface area contributed by atoms with Gasteiger partial charge in [0, 0.05) is 32.8 Å². The van der Waals surface area contributed by atoms with Crippen molar-refractivity contribution < 1.29 is 9.47 Å². The lowest BCUT2D eigenvalue weighted by molar-refractivity contribution is 0.0609. The Bertz CT molecular complexity index is 208. The smallest absolute Gasteiger partial charge is 0.0593 e. The van der Waals surface area contributed by atoms with Crippen LogP contribution in [0.1, 0.15) is 39.5 Å². The molecule has 114 valence electrons. The lowest BCUT2D eigenvalue weighted by Gasteiger charge is -2.34. The van der Waals surface area contributed by atoms with Crippen LogP contribution in [0.3, 0.4) is 0 Å². The number of nitrogens with two attached hydrogens (primary N) is 1.